The first kappa shape index (κ1) is 9.77. The molecule has 0 bridgehead atoms. The normalized spacial score (nSPS) is 11.4. The van der Waals surface area contributed by atoms with Crippen LogP contribution in [0.15, 0.2) is 12.5 Å². The Morgan fingerprint density at radius 1 is 1.54 bits per heavy atom. The summed E-state index contributed by atoms with van der Waals surface area (Å²) < 4.78 is 1.70. The van der Waals surface area contributed by atoms with E-state index in [0.717, 1.165) is 0 Å². The van der Waals surface area contributed by atoms with Gasteiger partial charge in [-0.1, -0.05) is 0 Å². The van der Waals surface area contributed by atoms with Gasteiger partial charge in [0.2, 0.25) is 0 Å². The fourth-order valence-corrected chi connectivity index (χ4v) is 0.981. The summed E-state index contributed by atoms with van der Waals surface area (Å²) in [4.78, 5) is 15.4. The Balaban J connectivity index is 2.76. The Kier molecular flexibility index (Phi) is 2.40. The van der Waals surface area contributed by atoms with E-state index in [9.17, 15) is 4.79 Å². The lowest BCUT2D eigenvalue weighted by atomic mass is 10.1. The second-order valence-electron chi connectivity index (χ2n) is 4.09. The van der Waals surface area contributed by atoms with Crippen molar-refractivity contribution < 1.29 is 4.79 Å². The van der Waals surface area contributed by atoms with Gasteiger partial charge in [0.05, 0.1) is 12.5 Å². The van der Waals surface area contributed by atoms with Crippen molar-refractivity contribution in [3.63, 3.8) is 0 Å². The monoisotopic (exact) mass is 181 g/mol. The number of nitrogens with one attached hydrogen (secondary N) is 1. The summed E-state index contributed by atoms with van der Waals surface area (Å²) in [5.41, 5.74) is 0.372. The largest absolute Gasteiger partial charge is 0.346 e. The summed E-state index contributed by atoms with van der Waals surface area (Å²) in [6.45, 7) is 5.84. The van der Waals surface area contributed by atoms with Crippen molar-refractivity contribution in [2.24, 2.45) is 7.05 Å². The number of carbonyl (C=O) groups is 1. The molecular weight excluding hydrogens is 166 g/mol. The first-order chi connectivity index (χ1) is 5.90. The fourth-order valence-electron chi connectivity index (χ4n) is 0.981. The number of carbonyl (C=O) groups excluding carboxylic acids is 1. The number of aromatic nitrogens is 2. The lowest BCUT2D eigenvalue weighted by Gasteiger charge is -2.20. The van der Waals surface area contributed by atoms with Crippen molar-refractivity contribution in [1.29, 1.82) is 0 Å². The molecule has 0 aromatic carbocycles. The van der Waals surface area contributed by atoms with Gasteiger partial charge in [0.15, 0.2) is 0 Å². The molecule has 13 heavy (non-hydrogen) atoms. The zero-order valence-electron chi connectivity index (χ0n) is 8.46. The van der Waals surface area contributed by atoms with Gasteiger partial charge in [-0.15, -0.1) is 0 Å². The number of rotatable bonds is 1. The minimum Gasteiger partial charge on any atom is -0.346 e. The topological polar surface area (TPSA) is 46.9 Å². The van der Waals surface area contributed by atoms with Crippen LogP contribution in [0, 0.1) is 0 Å². The molecule has 1 N–H and O–H groups in total. The van der Waals surface area contributed by atoms with Crippen LogP contribution in [-0.4, -0.2) is 21.0 Å². The molecule has 72 valence electrons. The third-order valence-corrected chi connectivity index (χ3v) is 1.54. The highest BCUT2D eigenvalue weighted by Crippen LogP contribution is 2.02. The molecule has 4 heteroatoms. The molecule has 1 aromatic rings. The molecule has 1 aromatic heterocycles. The zero-order valence-corrected chi connectivity index (χ0v) is 8.46. The van der Waals surface area contributed by atoms with Gasteiger partial charge < -0.3 is 9.88 Å². The van der Waals surface area contributed by atoms with E-state index in [1.54, 1.807) is 24.1 Å². The van der Waals surface area contributed by atoms with Gasteiger partial charge in [-0.2, -0.15) is 0 Å². The first-order valence-electron chi connectivity index (χ1n) is 4.19. The molecule has 0 aliphatic carbocycles. The standard InChI is InChI=1S/C9H15N3O/c1-9(2,3)11-8(13)7-5-10-6-12(7)4/h5-6H,1-4H3,(H,11,13). The van der Waals surface area contributed by atoms with Gasteiger partial charge in [0.25, 0.3) is 5.91 Å². The molecular formula is C9H15N3O. The van der Waals surface area contributed by atoms with E-state index in [1.807, 2.05) is 20.8 Å². The maximum absolute atomic E-state index is 11.6. The summed E-state index contributed by atoms with van der Waals surface area (Å²) in [6.07, 6.45) is 3.17. The Bertz CT molecular complexity index is 309. The molecule has 1 amide bonds. The number of nitrogens with zero attached hydrogens (tertiary/aromatic N) is 2. The molecule has 0 aliphatic heterocycles. The van der Waals surface area contributed by atoms with Crippen molar-refractivity contribution in [3.8, 4) is 0 Å². The van der Waals surface area contributed by atoms with Gasteiger partial charge in [-0.05, 0) is 20.8 Å². The van der Waals surface area contributed by atoms with Gasteiger partial charge in [-0.25, -0.2) is 4.98 Å². The Morgan fingerprint density at radius 2 is 2.15 bits per heavy atom. The number of aryl methyl sites for hydroxylation is 1. The second kappa shape index (κ2) is 3.20. The van der Waals surface area contributed by atoms with Crippen molar-refractivity contribution in [2.75, 3.05) is 0 Å². The van der Waals surface area contributed by atoms with Gasteiger partial charge in [0, 0.05) is 12.6 Å². The van der Waals surface area contributed by atoms with Crippen molar-refractivity contribution in [3.05, 3.63) is 18.2 Å². The molecule has 0 spiro atoms. The minimum absolute atomic E-state index is 0.0903. The zero-order chi connectivity index (χ0) is 10.1. The quantitative estimate of drug-likeness (QED) is 0.701. The third kappa shape index (κ3) is 2.57. The second-order valence-corrected chi connectivity index (χ2v) is 4.09. The van der Waals surface area contributed by atoms with E-state index < -0.39 is 0 Å². The number of hydrogen-bond acceptors (Lipinski definition) is 2. The Labute approximate surface area is 78.0 Å². The van der Waals surface area contributed by atoms with Gasteiger partial charge >= 0.3 is 0 Å². The van der Waals surface area contributed by atoms with Crippen molar-refractivity contribution >= 4 is 5.91 Å². The molecule has 4 nitrogen and oxygen atoms in total. The first-order valence-corrected chi connectivity index (χ1v) is 4.19. The van der Waals surface area contributed by atoms with Crippen LogP contribution in [0.25, 0.3) is 0 Å². The average molecular weight is 181 g/mol. The fraction of sp³-hybridized carbons (Fsp3) is 0.556. The van der Waals surface area contributed by atoms with Crippen LogP contribution in [0.1, 0.15) is 31.3 Å². The van der Waals surface area contributed by atoms with Crippen LogP contribution in [0.5, 0.6) is 0 Å². The van der Waals surface area contributed by atoms with E-state index in [4.69, 9.17) is 0 Å². The van der Waals surface area contributed by atoms with Crippen LogP contribution in [-0.2, 0) is 7.05 Å². The average Bonchev–Trinajstić information content (AvgIpc) is 2.30. The van der Waals surface area contributed by atoms with Crippen molar-refractivity contribution in [2.45, 2.75) is 26.3 Å². The predicted octanol–water partition coefficient (Wildman–Crippen LogP) is 0.948. The van der Waals surface area contributed by atoms with Crippen LogP contribution in [0.2, 0.25) is 0 Å². The van der Waals surface area contributed by atoms with Crippen LogP contribution >= 0.6 is 0 Å². The Hall–Kier alpha value is -1.32. The van der Waals surface area contributed by atoms with Crippen LogP contribution in [0.4, 0.5) is 0 Å². The molecule has 0 atom stereocenters. The van der Waals surface area contributed by atoms with Gasteiger partial charge in [-0.3, -0.25) is 4.79 Å². The molecule has 0 saturated carbocycles. The number of imidazole rings is 1. The van der Waals surface area contributed by atoms with E-state index in [-0.39, 0.29) is 11.4 Å². The number of amides is 1. The molecule has 0 fully saturated rings. The molecule has 1 heterocycles. The third-order valence-electron chi connectivity index (χ3n) is 1.54. The predicted molar refractivity (Wildman–Crippen MR) is 50.4 cm³/mol. The Morgan fingerprint density at radius 3 is 2.54 bits per heavy atom. The van der Waals surface area contributed by atoms with E-state index in [0.29, 0.717) is 5.69 Å². The SMILES string of the molecule is Cn1cncc1C(=O)NC(C)(C)C. The highest BCUT2D eigenvalue weighted by molar-refractivity contribution is 5.92. The summed E-state index contributed by atoms with van der Waals surface area (Å²) in [7, 11) is 1.80. The summed E-state index contributed by atoms with van der Waals surface area (Å²) in [5.74, 6) is -0.0903. The summed E-state index contributed by atoms with van der Waals surface area (Å²) >= 11 is 0. The maximum Gasteiger partial charge on any atom is 0.269 e. The lowest BCUT2D eigenvalue weighted by Crippen LogP contribution is -2.41. The maximum atomic E-state index is 11.6. The van der Waals surface area contributed by atoms with Gasteiger partial charge in [0.1, 0.15) is 5.69 Å². The summed E-state index contributed by atoms with van der Waals surface area (Å²) in [5, 5.41) is 2.86. The van der Waals surface area contributed by atoms with E-state index in [1.165, 1.54) is 0 Å². The molecule has 0 unspecified atom stereocenters. The van der Waals surface area contributed by atoms with Crippen LogP contribution in [0.3, 0.4) is 0 Å². The molecule has 0 radical (unpaired) electrons. The highest BCUT2D eigenvalue weighted by atomic mass is 16.2. The number of hydrogen-bond donors (Lipinski definition) is 1. The highest BCUT2D eigenvalue weighted by Gasteiger charge is 2.16. The minimum atomic E-state index is -0.207. The van der Waals surface area contributed by atoms with E-state index >= 15 is 0 Å². The molecule has 0 saturated heterocycles. The lowest BCUT2D eigenvalue weighted by molar-refractivity contribution is 0.0911. The van der Waals surface area contributed by atoms with Crippen LogP contribution < -0.4 is 5.32 Å². The van der Waals surface area contributed by atoms with Crippen molar-refractivity contribution in [1.82, 2.24) is 14.9 Å². The molecule has 0 aliphatic rings. The smallest absolute Gasteiger partial charge is 0.269 e. The molecule has 1 rings (SSSR count). The summed E-state index contributed by atoms with van der Waals surface area (Å²) in [6, 6.07) is 0. The van der Waals surface area contributed by atoms with E-state index in [2.05, 4.69) is 10.3 Å².